The SMILES string of the molecule is CCOc1ccc2nc(N(CC3CCCO3)C(=O)c3cccc(C)c3)sc2c1. The average Bonchev–Trinajstić information content (AvgIpc) is 3.35. The Morgan fingerprint density at radius 2 is 2.21 bits per heavy atom. The molecule has 1 aliphatic heterocycles. The van der Waals surface area contributed by atoms with Crippen LogP contribution in [0.1, 0.15) is 35.7 Å². The van der Waals surface area contributed by atoms with Gasteiger partial charge in [-0.1, -0.05) is 29.0 Å². The van der Waals surface area contributed by atoms with Gasteiger partial charge in [0.25, 0.3) is 5.91 Å². The van der Waals surface area contributed by atoms with E-state index in [1.165, 1.54) is 11.3 Å². The van der Waals surface area contributed by atoms with Crippen molar-refractivity contribution in [2.75, 3.05) is 24.7 Å². The normalized spacial score (nSPS) is 16.4. The maximum absolute atomic E-state index is 13.3. The second-order valence-electron chi connectivity index (χ2n) is 6.98. The van der Waals surface area contributed by atoms with Gasteiger partial charge in [0.1, 0.15) is 5.75 Å². The van der Waals surface area contributed by atoms with Crippen molar-refractivity contribution in [1.29, 1.82) is 0 Å². The summed E-state index contributed by atoms with van der Waals surface area (Å²) >= 11 is 1.51. The number of amides is 1. The highest BCUT2D eigenvalue weighted by atomic mass is 32.1. The Hall–Kier alpha value is -2.44. The molecule has 2 aromatic carbocycles. The molecule has 0 bridgehead atoms. The number of rotatable bonds is 6. The lowest BCUT2D eigenvalue weighted by molar-refractivity contribution is 0.0917. The van der Waals surface area contributed by atoms with Crippen molar-refractivity contribution in [2.24, 2.45) is 0 Å². The molecule has 0 saturated carbocycles. The minimum Gasteiger partial charge on any atom is -0.494 e. The number of aryl methyl sites for hydroxylation is 1. The first kappa shape index (κ1) is 18.9. The second kappa shape index (κ2) is 8.29. The second-order valence-corrected chi connectivity index (χ2v) is 7.99. The molecule has 1 aliphatic rings. The quantitative estimate of drug-likeness (QED) is 0.599. The number of nitrogens with zero attached hydrogens (tertiary/aromatic N) is 2. The highest BCUT2D eigenvalue weighted by Gasteiger charge is 2.27. The minimum absolute atomic E-state index is 0.0386. The van der Waals surface area contributed by atoms with Gasteiger partial charge in [0, 0.05) is 12.2 Å². The number of ether oxygens (including phenoxy) is 2. The molecule has 1 atom stereocenters. The summed E-state index contributed by atoms with van der Waals surface area (Å²) in [7, 11) is 0. The van der Waals surface area contributed by atoms with E-state index in [0.717, 1.165) is 41.0 Å². The molecule has 0 spiro atoms. The standard InChI is InChI=1S/C22H24N2O3S/c1-3-26-17-9-10-19-20(13-17)28-22(23-19)24(14-18-8-5-11-27-18)21(25)16-7-4-6-15(2)12-16/h4,6-7,9-10,12-13,18H,3,5,8,11,14H2,1-2H3. The maximum Gasteiger partial charge on any atom is 0.260 e. The number of aromatic nitrogens is 1. The number of anilines is 1. The van der Waals surface area contributed by atoms with Crippen LogP contribution in [0, 0.1) is 6.92 Å². The summed E-state index contributed by atoms with van der Waals surface area (Å²) in [6.45, 7) is 5.86. The lowest BCUT2D eigenvalue weighted by Crippen LogP contribution is -2.37. The van der Waals surface area contributed by atoms with Crippen LogP contribution in [0.2, 0.25) is 0 Å². The molecule has 4 rings (SSSR count). The van der Waals surface area contributed by atoms with Crippen molar-refractivity contribution in [1.82, 2.24) is 4.98 Å². The number of hydrogen-bond donors (Lipinski definition) is 0. The predicted octanol–water partition coefficient (Wildman–Crippen LogP) is 4.83. The van der Waals surface area contributed by atoms with Crippen molar-refractivity contribution in [3.63, 3.8) is 0 Å². The van der Waals surface area contributed by atoms with Gasteiger partial charge in [0.05, 0.1) is 29.5 Å². The molecule has 6 heteroatoms. The molecule has 1 fully saturated rings. The van der Waals surface area contributed by atoms with Gasteiger partial charge >= 0.3 is 0 Å². The Labute approximate surface area is 168 Å². The van der Waals surface area contributed by atoms with Crippen molar-refractivity contribution in [3.05, 3.63) is 53.6 Å². The number of carbonyl (C=O) groups excluding carboxylic acids is 1. The summed E-state index contributed by atoms with van der Waals surface area (Å²) < 4.78 is 12.4. The van der Waals surface area contributed by atoms with Gasteiger partial charge in [0.2, 0.25) is 0 Å². The Kier molecular flexibility index (Phi) is 5.59. The van der Waals surface area contributed by atoms with E-state index in [4.69, 9.17) is 14.5 Å². The van der Waals surface area contributed by atoms with Gasteiger partial charge in [-0.15, -0.1) is 0 Å². The fourth-order valence-corrected chi connectivity index (χ4v) is 4.44. The summed E-state index contributed by atoms with van der Waals surface area (Å²) in [6.07, 6.45) is 2.06. The Balaban J connectivity index is 1.69. The Morgan fingerprint density at radius 1 is 1.32 bits per heavy atom. The highest BCUT2D eigenvalue weighted by molar-refractivity contribution is 7.22. The van der Waals surface area contributed by atoms with Gasteiger partial charge in [-0.3, -0.25) is 9.69 Å². The van der Waals surface area contributed by atoms with Crippen LogP contribution >= 0.6 is 11.3 Å². The number of thiazole rings is 1. The lowest BCUT2D eigenvalue weighted by atomic mass is 10.1. The van der Waals surface area contributed by atoms with E-state index in [0.29, 0.717) is 23.8 Å². The monoisotopic (exact) mass is 396 g/mol. The number of fused-ring (bicyclic) bond motifs is 1. The zero-order valence-corrected chi connectivity index (χ0v) is 17.0. The topological polar surface area (TPSA) is 51.7 Å². The number of hydrogen-bond acceptors (Lipinski definition) is 5. The van der Waals surface area contributed by atoms with Crippen molar-refractivity contribution < 1.29 is 14.3 Å². The molecule has 0 radical (unpaired) electrons. The molecular formula is C22H24N2O3S. The van der Waals surface area contributed by atoms with E-state index in [2.05, 4.69) is 0 Å². The Bertz CT molecular complexity index is 979. The van der Waals surface area contributed by atoms with Crippen LogP contribution in [0.3, 0.4) is 0 Å². The van der Waals surface area contributed by atoms with E-state index < -0.39 is 0 Å². The molecule has 28 heavy (non-hydrogen) atoms. The van der Waals surface area contributed by atoms with Crippen LogP contribution in [0.25, 0.3) is 10.2 Å². The summed E-state index contributed by atoms with van der Waals surface area (Å²) in [5.74, 6) is 0.782. The van der Waals surface area contributed by atoms with E-state index >= 15 is 0 Å². The zero-order valence-electron chi connectivity index (χ0n) is 16.2. The maximum atomic E-state index is 13.3. The first-order valence-electron chi connectivity index (χ1n) is 9.67. The molecule has 1 saturated heterocycles. The predicted molar refractivity (Wildman–Crippen MR) is 113 cm³/mol. The molecule has 1 aromatic heterocycles. The van der Waals surface area contributed by atoms with Crippen LogP contribution < -0.4 is 9.64 Å². The van der Waals surface area contributed by atoms with Crippen LogP contribution in [0.4, 0.5) is 5.13 Å². The summed E-state index contributed by atoms with van der Waals surface area (Å²) in [6, 6.07) is 13.5. The molecule has 3 aromatic rings. The molecule has 0 N–H and O–H groups in total. The molecule has 0 aliphatic carbocycles. The van der Waals surface area contributed by atoms with E-state index in [1.807, 2.05) is 56.3 Å². The summed E-state index contributed by atoms with van der Waals surface area (Å²) in [4.78, 5) is 19.9. The van der Waals surface area contributed by atoms with Crippen LogP contribution in [-0.2, 0) is 4.74 Å². The van der Waals surface area contributed by atoms with Gasteiger partial charge < -0.3 is 9.47 Å². The van der Waals surface area contributed by atoms with E-state index in [1.54, 1.807) is 4.90 Å². The molecule has 146 valence electrons. The molecule has 1 unspecified atom stereocenters. The van der Waals surface area contributed by atoms with Crippen LogP contribution in [0.5, 0.6) is 5.75 Å². The van der Waals surface area contributed by atoms with Gasteiger partial charge in [-0.05, 0) is 57.0 Å². The van der Waals surface area contributed by atoms with Crippen molar-refractivity contribution in [3.8, 4) is 5.75 Å². The number of carbonyl (C=O) groups is 1. The molecular weight excluding hydrogens is 372 g/mol. The van der Waals surface area contributed by atoms with Gasteiger partial charge in [0.15, 0.2) is 5.13 Å². The fraction of sp³-hybridized carbons (Fsp3) is 0.364. The largest absolute Gasteiger partial charge is 0.494 e. The molecule has 2 heterocycles. The fourth-order valence-electron chi connectivity index (χ4n) is 3.44. The third-order valence-corrected chi connectivity index (χ3v) is 5.85. The third kappa shape index (κ3) is 4.03. The van der Waals surface area contributed by atoms with Crippen molar-refractivity contribution in [2.45, 2.75) is 32.8 Å². The minimum atomic E-state index is -0.0386. The summed E-state index contributed by atoms with van der Waals surface area (Å²) in [5, 5.41) is 0.700. The highest BCUT2D eigenvalue weighted by Crippen LogP contribution is 2.33. The zero-order chi connectivity index (χ0) is 19.5. The average molecular weight is 397 g/mol. The molecule has 1 amide bonds. The van der Waals surface area contributed by atoms with Crippen LogP contribution in [-0.4, -0.2) is 36.8 Å². The van der Waals surface area contributed by atoms with Crippen LogP contribution in [0.15, 0.2) is 42.5 Å². The number of benzene rings is 2. The smallest absolute Gasteiger partial charge is 0.260 e. The first-order chi connectivity index (χ1) is 13.6. The van der Waals surface area contributed by atoms with E-state index in [-0.39, 0.29) is 12.0 Å². The third-order valence-electron chi connectivity index (χ3n) is 4.81. The Morgan fingerprint density at radius 3 is 2.96 bits per heavy atom. The lowest BCUT2D eigenvalue weighted by Gasteiger charge is -2.23. The first-order valence-corrected chi connectivity index (χ1v) is 10.5. The van der Waals surface area contributed by atoms with Crippen molar-refractivity contribution >= 4 is 32.6 Å². The van der Waals surface area contributed by atoms with E-state index in [9.17, 15) is 4.79 Å². The van der Waals surface area contributed by atoms with Gasteiger partial charge in [-0.25, -0.2) is 4.98 Å². The van der Waals surface area contributed by atoms with Gasteiger partial charge in [-0.2, -0.15) is 0 Å². The molecule has 5 nitrogen and oxygen atoms in total. The summed E-state index contributed by atoms with van der Waals surface area (Å²) in [5.41, 5.74) is 2.61.